The first kappa shape index (κ1) is 19.1. The Balaban J connectivity index is 1.79. The molecule has 4 aromatic rings. The molecule has 2 heterocycles. The van der Waals surface area contributed by atoms with E-state index in [0.29, 0.717) is 24.0 Å². The number of para-hydroxylation sites is 1. The average molecular weight is 407 g/mol. The maximum absolute atomic E-state index is 13.5. The lowest BCUT2D eigenvalue weighted by Gasteiger charge is -2.19. The van der Waals surface area contributed by atoms with Crippen molar-refractivity contribution in [2.75, 3.05) is 11.5 Å². The van der Waals surface area contributed by atoms with Gasteiger partial charge in [0.1, 0.15) is 11.3 Å². The Labute approximate surface area is 173 Å². The van der Waals surface area contributed by atoms with Crippen LogP contribution in [0.15, 0.2) is 54.7 Å². The van der Waals surface area contributed by atoms with Crippen LogP contribution in [0, 0.1) is 6.92 Å². The second kappa shape index (κ2) is 8.05. The predicted octanol–water partition coefficient (Wildman–Crippen LogP) is 4.58. The molecular weight excluding hydrogens is 384 g/mol. The molecule has 1 amide bonds. The van der Waals surface area contributed by atoms with Crippen molar-refractivity contribution in [2.45, 2.75) is 20.4 Å². The topological polar surface area (TPSA) is 60.2 Å². The quantitative estimate of drug-likeness (QED) is 0.470. The van der Waals surface area contributed by atoms with Crippen LogP contribution in [-0.4, -0.2) is 27.3 Å². The minimum absolute atomic E-state index is 0.163. The van der Waals surface area contributed by atoms with Gasteiger partial charge in [-0.25, -0.2) is 4.98 Å². The minimum atomic E-state index is -0.163. The van der Waals surface area contributed by atoms with Gasteiger partial charge in [-0.3, -0.25) is 14.4 Å². The Morgan fingerprint density at radius 1 is 1.17 bits per heavy atom. The molecule has 4 rings (SSSR count). The number of benzene rings is 2. The first-order chi connectivity index (χ1) is 14.1. The molecule has 0 saturated carbocycles. The van der Waals surface area contributed by atoms with E-state index in [0.717, 1.165) is 27.1 Å². The number of carbonyl (C=O) groups is 1. The van der Waals surface area contributed by atoms with Gasteiger partial charge in [0, 0.05) is 18.8 Å². The summed E-state index contributed by atoms with van der Waals surface area (Å²) in [5, 5.41) is 5.01. The standard InChI is InChI=1S/C22H22N4O2S/c1-4-28-17-11-8-12-18-20(17)23-22(29-18)26(14-16-9-6-5-7-10-16)21(27)19-15(2)13-25(3)24-19/h5-13H,4,14H2,1-3H3. The van der Waals surface area contributed by atoms with E-state index in [9.17, 15) is 4.79 Å². The van der Waals surface area contributed by atoms with Gasteiger partial charge in [-0.1, -0.05) is 47.7 Å². The van der Waals surface area contributed by atoms with Crippen LogP contribution in [0.25, 0.3) is 10.2 Å². The molecule has 0 atom stereocenters. The number of hydrogen-bond acceptors (Lipinski definition) is 5. The van der Waals surface area contributed by atoms with Crippen molar-refractivity contribution in [3.63, 3.8) is 0 Å². The number of amides is 1. The molecule has 7 heteroatoms. The lowest BCUT2D eigenvalue weighted by atomic mass is 10.2. The van der Waals surface area contributed by atoms with Crippen molar-refractivity contribution in [3.05, 3.63) is 71.5 Å². The van der Waals surface area contributed by atoms with Crippen molar-refractivity contribution in [1.29, 1.82) is 0 Å². The lowest BCUT2D eigenvalue weighted by Crippen LogP contribution is -2.31. The molecule has 0 saturated heterocycles. The van der Waals surface area contributed by atoms with Crippen LogP contribution >= 0.6 is 11.3 Å². The summed E-state index contributed by atoms with van der Waals surface area (Å²) in [6.07, 6.45) is 1.85. The molecular formula is C22H22N4O2S. The highest BCUT2D eigenvalue weighted by molar-refractivity contribution is 7.22. The summed E-state index contributed by atoms with van der Waals surface area (Å²) < 4.78 is 8.37. The molecule has 2 aromatic carbocycles. The number of thiazole rings is 1. The molecule has 0 N–H and O–H groups in total. The maximum Gasteiger partial charge on any atom is 0.281 e. The van der Waals surface area contributed by atoms with Gasteiger partial charge in [-0.05, 0) is 31.5 Å². The molecule has 0 aliphatic heterocycles. The summed E-state index contributed by atoms with van der Waals surface area (Å²) >= 11 is 1.48. The van der Waals surface area contributed by atoms with Gasteiger partial charge in [0.05, 0.1) is 17.9 Å². The lowest BCUT2D eigenvalue weighted by molar-refractivity contribution is 0.0979. The zero-order valence-electron chi connectivity index (χ0n) is 16.6. The molecule has 0 aliphatic carbocycles. The highest BCUT2D eigenvalue weighted by Gasteiger charge is 2.25. The third-order valence-corrected chi connectivity index (χ3v) is 5.59. The molecule has 0 unspecified atom stereocenters. The zero-order valence-corrected chi connectivity index (χ0v) is 17.4. The average Bonchev–Trinajstić information content (AvgIpc) is 3.30. The van der Waals surface area contributed by atoms with Crippen LogP contribution in [0.4, 0.5) is 5.13 Å². The fourth-order valence-electron chi connectivity index (χ4n) is 3.24. The third kappa shape index (κ3) is 3.86. The number of aromatic nitrogens is 3. The number of carbonyl (C=O) groups excluding carboxylic acids is 1. The first-order valence-corrected chi connectivity index (χ1v) is 10.3. The van der Waals surface area contributed by atoms with Gasteiger partial charge in [-0.15, -0.1) is 0 Å². The highest BCUT2D eigenvalue weighted by Crippen LogP contribution is 2.35. The molecule has 6 nitrogen and oxygen atoms in total. The van der Waals surface area contributed by atoms with Crippen molar-refractivity contribution in [3.8, 4) is 5.75 Å². The summed E-state index contributed by atoms with van der Waals surface area (Å²) in [7, 11) is 1.82. The van der Waals surface area contributed by atoms with Crippen LogP contribution in [0.5, 0.6) is 5.75 Å². The smallest absolute Gasteiger partial charge is 0.281 e. The minimum Gasteiger partial charge on any atom is -0.492 e. The summed E-state index contributed by atoms with van der Waals surface area (Å²) in [4.78, 5) is 19.9. The zero-order chi connectivity index (χ0) is 20.4. The Hall–Kier alpha value is -3.19. The van der Waals surface area contributed by atoms with E-state index < -0.39 is 0 Å². The van der Waals surface area contributed by atoms with Gasteiger partial charge in [0.2, 0.25) is 0 Å². The van der Waals surface area contributed by atoms with Crippen LogP contribution < -0.4 is 9.64 Å². The molecule has 0 aliphatic rings. The second-order valence-electron chi connectivity index (χ2n) is 6.74. The largest absolute Gasteiger partial charge is 0.492 e. The van der Waals surface area contributed by atoms with E-state index in [1.54, 1.807) is 9.58 Å². The van der Waals surface area contributed by atoms with Gasteiger partial charge in [0.25, 0.3) is 5.91 Å². The van der Waals surface area contributed by atoms with E-state index in [2.05, 4.69) is 5.10 Å². The molecule has 29 heavy (non-hydrogen) atoms. The summed E-state index contributed by atoms with van der Waals surface area (Å²) in [5.74, 6) is 0.567. The number of hydrogen-bond donors (Lipinski definition) is 0. The van der Waals surface area contributed by atoms with Crippen LogP contribution in [0.2, 0.25) is 0 Å². The number of nitrogens with zero attached hydrogens (tertiary/aromatic N) is 4. The van der Waals surface area contributed by atoms with Crippen LogP contribution in [-0.2, 0) is 13.6 Å². The van der Waals surface area contributed by atoms with Gasteiger partial charge in [0.15, 0.2) is 10.8 Å². The van der Waals surface area contributed by atoms with Crippen molar-refractivity contribution in [1.82, 2.24) is 14.8 Å². The number of anilines is 1. The van der Waals surface area contributed by atoms with Gasteiger partial charge in [-0.2, -0.15) is 5.10 Å². The first-order valence-electron chi connectivity index (χ1n) is 9.45. The van der Waals surface area contributed by atoms with Crippen molar-refractivity contribution < 1.29 is 9.53 Å². The van der Waals surface area contributed by atoms with Gasteiger partial charge >= 0.3 is 0 Å². The summed E-state index contributed by atoms with van der Waals surface area (Å²) in [5.41, 5.74) is 3.08. The fraction of sp³-hybridized carbons (Fsp3) is 0.227. The maximum atomic E-state index is 13.5. The van der Waals surface area contributed by atoms with Gasteiger partial charge < -0.3 is 4.74 Å². The summed E-state index contributed by atoms with van der Waals surface area (Å²) in [6.45, 7) is 4.82. The normalized spacial score (nSPS) is 11.0. The number of aryl methyl sites for hydroxylation is 2. The Morgan fingerprint density at radius 2 is 1.97 bits per heavy atom. The van der Waals surface area contributed by atoms with E-state index in [-0.39, 0.29) is 5.91 Å². The second-order valence-corrected chi connectivity index (χ2v) is 7.75. The number of rotatable bonds is 6. The monoisotopic (exact) mass is 406 g/mol. The SMILES string of the molecule is CCOc1cccc2sc(N(Cc3ccccc3)C(=O)c3nn(C)cc3C)nc12. The number of ether oxygens (including phenoxy) is 1. The fourth-order valence-corrected chi connectivity index (χ4v) is 4.22. The Bertz CT molecular complexity index is 1150. The Morgan fingerprint density at radius 3 is 2.66 bits per heavy atom. The molecule has 0 bridgehead atoms. The van der Waals surface area contributed by atoms with E-state index in [4.69, 9.17) is 9.72 Å². The predicted molar refractivity (Wildman–Crippen MR) is 116 cm³/mol. The molecule has 0 fully saturated rings. The Kier molecular flexibility index (Phi) is 5.31. The van der Waals surface area contributed by atoms with E-state index >= 15 is 0 Å². The summed E-state index contributed by atoms with van der Waals surface area (Å²) in [6, 6.07) is 15.8. The van der Waals surface area contributed by atoms with E-state index in [1.807, 2.05) is 75.6 Å². The third-order valence-electron chi connectivity index (χ3n) is 4.54. The molecule has 0 spiro atoms. The van der Waals surface area contributed by atoms with Crippen LogP contribution in [0.3, 0.4) is 0 Å². The molecule has 2 aromatic heterocycles. The molecule has 148 valence electrons. The van der Waals surface area contributed by atoms with Crippen molar-refractivity contribution >= 4 is 32.6 Å². The van der Waals surface area contributed by atoms with E-state index in [1.165, 1.54) is 11.3 Å². The number of fused-ring (bicyclic) bond motifs is 1. The molecule has 0 radical (unpaired) electrons. The highest BCUT2D eigenvalue weighted by atomic mass is 32.1. The van der Waals surface area contributed by atoms with Crippen molar-refractivity contribution in [2.24, 2.45) is 7.05 Å². The van der Waals surface area contributed by atoms with Crippen LogP contribution in [0.1, 0.15) is 28.5 Å².